The predicted molar refractivity (Wildman–Crippen MR) is 92.0 cm³/mol. The lowest BCUT2D eigenvalue weighted by Crippen LogP contribution is -2.12. The minimum atomic E-state index is -0.459. The molecule has 1 amide bonds. The molecule has 1 aromatic carbocycles. The molecule has 0 aliphatic heterocycles. The van der Waals surface area contributed by atoms with E-state index < -0.39 is 5.91 Å². The molecular weight excluding hydrogens is 316 g/mol. The maximum absolute atomic E-state index is 11.3. The van der Waals surface area contributed by atoms with E-state index in [0.29, 0.717) is 28.3 Å². The highest BCUT2D eigenvalue weighted by molar-refractivity contribution is 5.94. The van der Waals surface area contributed by atoms with Crippen molar-refractivity contribution in [3.8, 4) is 28.8 Å². The van der Waals surface area contributed by atoms with E-state index in [-0.39, 0.29) is 0 Å². The lowest BCUT2D eigenvalue weighted by atomic mass is 10.0. The third-order valence-electron chi connectivity index (χ3n) is 3.60. The van der Waals surface area contributed by atoms with Crippen molar-refractivity contribution in [2.45, 2.75) is 6.92 Å². The molecule has 0 fully saturated rings. The quantitative estimate of drug-likeness (QED) is 0.791. The SMILES string of the molecule is Cc1cc(-c2cc(Oc3cncc(C#N)c3)ccn2)ccc1C(N)=O. The van der Waals surface area contributed by atoms with Crippen molar-refractivity contribution in [2.24, 2.45) is 5.73 Å². The average molecular weight is 330 g/mol. The van der Waals surface area contributed by atoms with Gasteiger partial charge in [-0.25, -0.2) is 0 Å². The molecule has 0 bridgehead atoms. The van der Waals surface area contributed by atoms with Crippen molar-refractivity contribution >= 4 is 5.91 Å². The summed E-state index contributed by atoms with van der Waals surface area (Å²) in [6.07, 6.45) is 4.63. The van der Waals surface area contributed by atoms with Gasteiger partial charge in [0.25, 0.3) is 0 Å². The Hall–Kier alpha value is -3.72. The van der Waals surface area contributed by atoms with E-state index in [1.54, 1.807) is 36.5 Å². The molecule has 6 nitrogen and oxygen atoms in total. The summed E-state index contributed by atoms with van der Waals surface area (Å²) < 4.78 is 5.75. The van der Waals surface area contributed by atoms with Crippen molar-refractivity contribution in [1.29, 1.82) is 5.26 Å². The second-order valence-electron chi connectivity index (χ2n) is 5.39. The molecule has 0 atom stereocenters. The molecule has 122 valence electrons. The smallest absolute Gasteiger partial charge is 0.248 e. The van der Waals surface area contributed by atoms with Gasteiger partial charge in [-0.2, -0.15) is 5.26 Å². The maximum Gasteiger partial charge on any atom is 0.248 e. The van der Waals surface area contributed by atoms with E-state index >= 15 is 0 Å². The molecule has 6 heteroatoms. The molecule has 0 radical (unpaired) electrons. The first-order chi connectivity index (χ1) is 12.1. The van der Waals surface area contributed by atoms with Crippen LogP contribution in [0.4, 0.5) is 0 Å². The molecule has 2 heterocycles. The summed E-state index contributed by atoms with van der Waals surface area (Å²) in [6.45, 7) is 1.82. The largest absolute Gasteiger partial charge is 0.456 e. The van der Waals surface area contributed by atoms with Gasteiger partial charge in [-0.05, 0) is 30.7 Å². The zero-order chi connectivity index (χ0) is 17.8. The molecule has 2 N–H and O–H groups in total. The fourth-order valence-corrected chi connectivity index (χ4v) is 2.40. The Labute approximate surface area is 144 Å². The lowest BCUT2D eigenvalue weighted by molar-refractivity contribution is 0.0999. The minimum Gasteiger partial charge on any atom is -0.456 e. The molecule has 0 unspecified atom stereocenters. The van der Waals surface area contributed by atoms with Gasteiger partial charge in [0.15, 0.2) is 0 Å². The second kappa shape index (κ2) is 6.81. The van der Waals surface area contributed by atoms with Crippen LogP contribution in [0, 0.1) is 18.3 Å². The zero-order valence-electron chi connectivity index (χ0n) is 13.4. The Morgan fingerprint density at radius 1 is 1.16 bits per heavy atom. The highest BCUT2D eigenvalue weighted by Gasteiger charge is 2.08. The molecule has 0 aliphatic carbocycles. The number of pyridine rings is 2. The number of amides is 1. The van der Waals surface area contributed by atoms with Gasteiger partial charge in [-0.15, -0.1) is 0 Å². The summed E-state index contributed by atoms with van der Waals surface area (Å²) in [4.78, 5) is 19.6. The summed E-state index contributed by atoms with van der Waals surface area (Å²) in [6, 6.07) is 12.4. The van der Waals surface area contributed by atoms with Crippen LogP contribution in [0.5, 0.6) is 11.5 Å². The monoisotopic (exact) mass is 330 g/mol. The number of rotatable bonds is 4. The van der Waals surface area contributed by atoms with Crippen molar-refractivity contribution in [2.75, 3.05) is 0 Å². The molecule has 25 heavy (non-hydrogen) atoms. The van der Waals surface area contributed by atoms with Gasteiger partial charge in [0.1, 0.15) is 17.6 Å². The number of aromatic nitrogens is 2. The average Bonchev–Trinajstić information content (AvgIpc) is 2.61. The van der Waals surface area contributed by atoms with Crippen molar-refractivity contribution in [1.82, 2.24) is 9.97 Å². The Morgan fingerprint density at radius 3 is 2.72 bits per heavy atom. The van der Waals surface area contributed by atoms with E-state index in [1.165, 1.54) is 12.4 Å². The summed E-state index contributed by atoms with van der Waals surface area (Å²) in [7, 11) is 0. The molecule has 0 spiro atoms. The number of primary amides is 1. The number of nitrogens with two attached hydrogens (primary N) is 1. The molecule has 0 aliphatic rings. The number of benzene rings is 1. The van der Waals surface area contributed by atoms with Gasteiger partial charge in [0.05, 0.1) is 17.5 Å². The molecule has 0 saturated carbocycles. The summed E-state index contributed by atoms with van der Waals surface area (Å²) >= 11 is 0. The molecule has 3 aromatic rings. The van der Waals surface area contributed by atoms with Crippen LogP contribution < -0.4 is 10.5 Å². The van der Waals surface area contributed by atoms with Crippen molar-refractivity contribution in [3.05, 3.63) is 71.7 Å². The minimum absolute atomic E-state index is 0.421. The van der Waals surface area contributed by atoms with Crippen LogP contribution in [0.25, 0.3) is 11.3 Å². The van der Waals surface area contributed by atoms with Gasteiger partial charge in [0, 0.05) is 35.7 Å². The topological polar surface area (TPSA) is 102 Å². The summed E-state index contributed by atoms with van der Waals surface area (Å²) in [5.41, 5.74) is 8.56. The van der Waals surface area contributed by atoms with Crippen LogP contribution in [0.1, 0.15) is 21.5 Å². The maximum atomic E-state index is 11.3. The number of nitriles is 1. The van der Waals surface area contributed by atoms with Crippen LogP contribution in [-0.2, 0) is 0 Å². The highest BCUT2D eigenvalue weighted by Crippen LogP contribution is 2.26. The first-order valence-corrected chi connectivity index (χ1v) is 7.46. The van der Waals surface area contributed by atoms with Gasteiger partial charge in [-0.1, -0.05) is 6.07 Å². The van der Waals surface area contributed by atoms with Gasteiger partial charge >= 0.3 is 0 Å². The number of aryl methyl sites for hydroxylation is 1. The van der Waals surface area contributed by atoms with Crippen LogP contribution in [-0.4, -0.2) is 15.9 Å². The van der Waals surface area contributed by atoms with Gasteiger partial charge < -0.3 is 10.5 Å². The Morgan fingerprint density at radius 2 is 2.00 bits per heavy atom. The first kappa shape index (κ1) is 16.1. The standard InChI is InChI=1S/C19H14N4O2/c1-12-6-14(2-3-17(12)19(21)24)18-8-15(4-5-23-18)25-16-7-13(9-20)10-22-11-16/h2-8,10-11H,1H3,(H2,21,24). The number of carbonyl (C=O) groups excluding carboxylic acids is 1. The predicted octanol–water partition coefficient (Wildman–Crippen LogP) is 3.21. The third-order valence-corrected chi connectivity index (χ3v) is 3.60. The number of hydrogen-bond acceptors (Lipinski definition) is 5. The summed E-state index contributed by atoms with van der Waals surface area (Å²) in [5, 5.41) is 8.92. The van der Waals surface area contributed by atoms with Crippen LogP contribution >= 0.6 is 0 Å². The Kier molecular flexibility index (Phi) is 4.40. The zero-order valence-corrected chi connectivity index (χ0v) is 13.4. The fraction of sp³-hybridized carbons (Fsp3) is 0.0526. The number of nitrogens with zero attached hydrogens (tertiary/aromatic N) is 3. The van der Waals surface area contributed by atoms with Gasteiger partial charge in [-0.3, -0.25) is 14.8 Å². The molecule has 0 saturated heterocycles. The van der Waals surface area contributed by atoms with E-state index in [2.05, 4.69) is 9.97 Å². The summed E-state index contributed by atoms with van der Waals surface area (Å²) in [5.74, 6) is 0.578. The van der Waals surface area contributed by atoms with Crippen LogP contribution in [0.3, 0.4) is 0 Å². The number of ether oxygens (including phenoxy) is 1. The lowest BCUT2D eigenvalue weighted by Gasteiger charge is -2.09. The van der Waals surface area contributed by atoms with E-state index in [9.17, 15) is 4.79 Å². The number of carbonyl (C=O) groups is 1. The number of hydrogen-bond donors (Lipinski definition) is 1. The molecule has 2 aromatic heterocycles. The molecule has 3 rings (SSSR count). The van der Waals surface area contributed by atoms with E-state index in [0.717, 1.165) is 11.1 Å². The van der Waals surface area contributed by atoms with Crippen molar-refractivity contribution in [3.63, 3.8) is 0 Å². The highest BCUT2D eigenvalue weighted by atomic mass is 16.5. The normalized spacial score (nSPS) is 10.1. The molecular formula is C19H14N4O2. The second-order valence-corrected chi connectivity index (χ2v) is 5.39. The van der Waals surface area contributed by atoms with E-state index in [1.807, 2.05) is 19.1 Å². The Balaban J connectivity index is 1.90. The first-order valence-electron chi connectivity index (χ1n) is 7.46. The Bertz CT molecular complexity index is 993. The van der Waals surface area contributed by atoms with Crippen LogP contribution in [0.15, 0.2) is 55.0 Å². The van der Waals surface area contributed by atoms with Crippen molar-refractivity contribution < 1.29 is 9.53 Å². The van der Waals surface area contributed by atoms with Crippen LogP contribution in [0.2, 0.25) is 0 Å². The fourth-order valence-electron chi connectivity index (χ4n) is 2.40. The van der Waals surface area contributed by atoms with E-state index in [4.69, 9.17) is 15.7 Å². The third kappa shape index (κ3) is 3.62. The van der Waals surface area contributed by atoms with Gasteiger partial charge in [0.2, 0.25) is 5.91 Å².